The quantitative estimate of drug-likeness (QED) is 0.778. The van der Waals surface area contributed by atoms with Crippen molar-refractivity contribution in [3.05, 3.63) is 33.8 Å². The molecule has 1 aromatic carbocycles. The Labute approximate surface area is 118 Å². The van der Waals surface area contributed by atoms with E-state index in [4.69, 9.17) is 23.2 Å². The SMILES string of the molecule is CN(CC(=O)c1ccc(Cl)c(Cl)c1)C1CCCC1. The summed E-state index contributed by atoms with van der Waals surface area (Å²) in [6, 6.07) is 5.61. The number of hydrogen-bond donors (Lipinski definition) is 0. The van der Waals surface area contributed by atoms with Crippen molar-refractivity contribution in [2.24, 2.45) is 0 Å². The van der Waals surface area contributed by atoms with Crippen LogP contribution >= 0.6 is 23.2 Å². The van der Waals surface area contributed by atoms with E-state index in [9.17, 15) is 4.79 Å². The largest absolute Gasteiger partial charge is 0.296 e. The van der Waals surface area contributed by atoms with Crippen LogP contribution in [0, 0.1) is 0 Å². The molecule has 1 aliphatic carbocycles. The second kappa shape index (κ2) is 6.05. The van der Waals surface area contributed by atoms with Gasteiger partial charge in [0.2, 0.25) is 0 Å². The van der Waals surface area contributed by atoms with Gasteiger partial charge in [0.25, 0.3) is 0 Å². The molecule has 0 spiro atoms. The molecule has 0 atom stereocenters. The molecule has 1 fully saturated rings. The molecule has 0 aromatic heterocycles. The van der Waals surface area contributed by atoms with Crippen LogP contribution in [0.25, 0.3) is 0 Å². The maximum absolute atomic E-state index is 12.1. The van der Waals surface area contributed by atoms with Crippen molar-refractivity contribution < 1.29 is 4.79 Å². The monoisotopic (exact) mass is 285 g/mol. The Morgan fingerprint density at radius 1 is 1.28 bits per heavy atom. The lowest BCUT2D eigenvalue weighted by Gasteiger charge is -2.23. The van der Waals surface area contributed by atoms with Crippen LogP contribution in [-0.4, -0.2) is 30.3 Å². The van der Waals surface area contributed by atoms with Crippen molar-refractivity contribution in [1.82, 2.24) is 4.90 Å². The normalized spacial score (nSPS) is 16.4. The summed E-state index contributed by atoms with van der Waals surface area (Å²) < 4.78 is 0. The first-order valence-electron chi connectivity index (χ1n) is 6.26. The Morgan fingerprint density at radius 3 is 2.56 bits per heavy atom. The van der Waals surface area contributed by atoms with E-state index in [1.165, 1.54) is 25.7 Å². The standard InChI is InChI=1S/C14H17Cl2NO/c1-17(11-4-2-3-5-11)9-14(18)10-6-7-12(15)13(16)8-10/h6-8,11H,2-5,9H2,1H3. The first kappa shape index (κ1) is 13.9. The summed E-state index contributed by atoms with van der Waals surface area (Å²) in [6.07, 6.45) is 4.95. The van der Waals surface area contributed by atoms with Crippen LogP contribution in [0.4, 0.5) is 0 Å². The molecule has 1 saturated carbocycles. The van der Waals surface area contributed by atoms with Crippen LogP contribution in [0.5, 0.6) is 0 Å². The minimum atomic E-state index is 0.1000. The van der Waals surface area contributed by atoms with E-state index >= 15 is 0 Å². The van der Waals surface area contributed by atoms with Crippen LogP contribution in [0.2, 0.25) is 10.0 Å². The zero-order valence-electron chi connectivity index (χ0n) is 10.5. The third kappa shape index (κ3) is 3.25. The van der Waals surface area contributed by atoms with Gasteiger partial charge >= 0.3 is 0 Å². The number of carbonyl (C=O) groups is 1. The molecule has 0 radical (unpaired) electrons. The van der Waals surface area contributed by atoms with Crippen LogP contribution in [0.15, 0.2) is 18.2 Å². The van der Waals surface area contributed by atoms with Gasteiger partial charge in [0.05, 0.1) is 16.6 Å². The number of Topliss-reactive ketones (excluding diaryl/α,β-unsaturated/α-hetero) is 1. The topological polar surface area (TPSA) is 20.3 Å². The van der Waals surface area contributed by atoms with E-state index < -0.39 is 0 Å². The summed E-state index contributed by atoms with van der Waals surface area (Å²) >= 11 is 11.8. The van der Waals surface area contributed by atoms with Gasteiger partial charge in [-0.3, -0.25) is 9.69 Å². The van der Waals surface area contributed by atoms with Crippen molar-refractivity contribution >= 4 is 29.0 Å². The summed E-state index contributed by atoms with van der Waals surface area (Å²) in [7, 11) is 2.02. The molecule has 4 heteroatoms. The van der Waals surface area contributed by atoms with E-state index in [1.807, 2.05) is 7.05 Å². The molecule has 0 unspecified atom stereocenters. The average Bonchev–Trinajstić information content (AvgIpc) is 2.86. The lowest BCUT2D eigenvalue weighted by molar-refractivity contribution is 0.0921. The third-order valence-electron chi connectivity index (χ3n) is 3.58. The zero-order valence-corrected chi connectivity index (χ0v) is 12.0. The van der Waals surface area contributed by atoms with Gasteiger partial charge in [0.15, 0.2) is 5.78 Å². The number of rotatable bonds is 4. The van der Waals surface area contributed by atoms with Crippen molar-refractivity contribution in [3.8, 4) is 0 Å². The molecule has 1 aromatic rings. The van der Waals surface area contributed by atoms with E-state index in [0.29, 0.717) is 28.2 Å². The second-order valence-corrected chi connectivity index (χ2v) is 5.72. The fraction of sp³-hybridized carbons (Fsp3) is 0.500. The molecule has 2 nitrogen and oxygen atoms in total. The van der Waals surface area contributed by atoms with Crippen LogP contribution in [0.3, 0.4) is 0 Å². The summed E-state index contributed by atoms with van der Waals surface area (Å²) in [4.78, 5) is 14.3. The lowest BCUT2D eigenvalue weighted by atomic mass is 10.1. The van der Waals surface area contributed by atoms with E-state index in [0.717, 1.165) is 0 Å². The number of hydrogen-bond acceptors (Lipinski definition) is 2. The first-order chi connectivity index (χ1) is 8.58. The highest BCUT2D eigenvalue weighted by Gasteiger charge is 2.21. The smallest absolute Gasteiger partial charge is 0.176 e. The summed E-state index contributed by atoms with van der Waals surface area (Å²) in [5, 5.41) is 0.920. The van der Waals surface area contributed by atoms with Gasteiger partial charge in [-0.15, -0.1) is 0 Å². The maximum Gasteiger partial charge on any atom is 0.176 e. The van der Waals surface area contributed by atoms with Gasteiger partial charge < -0.3 is 0 Å². The highest BCUT2D eigenvalue weighted by molar-refractivity contribution is 6.42. The second-order valence-electron chi connectivity index (χ2n) is 4.91. The molecule has 0 bridgehead atoms. The van der Waals surface area contributed by atoms with Crippen molar-refractivity contribution in [1.29, 1.82) is 0 Å². The maximum atomic E-state index is 12.1. The molecule has 18 heavy (non-hydrogen) atoms. The Balaban J connectivity index is 2.00. The Kier molecular flexibility index (Phi) is 4.66. The van der Waals surface area contributed by atoms with Gasteiger partial charge in [-0.25, -0.2) is 0 Å². The van der Waals surface area contributed by atoms with Crippen molar-refractivity contribution in [3.63, 3.8) is 0 Å². The number of benzene rings is 1. The van der Waals surface area contributed by atoms with Gasteiger partial charge in [0, 0.05) is 11.6 Å². The first-order valence-corrected chi connectivity index (χ1v) is 7.02. The molecule has 0 saturated heterocycles. The minimum absolute atomic E-state index is 0.1000. The lowest BCUT2D eigenvalue weighted by Crippen LogP contribution is -2.34. The van der Waals surface area contributed by atoms with Crippen LogP contribution in [0.1, 0.15) is 36.0 Å². The fourth-order valence-electron chi connectivity index (χ4n) is 2.46. The summed E-state index contributed by atoms with van der Waals surface area (Å²) in [6.45, 7) is 0.447. The van der Waals surface area contributed by atoms with Gasteiger partial charge in [-0.05, 0) is 38.1 Å². The fourth-order valence-corrected chi connectivity index (χ4v) is 2.76. The van der Waals surface area contributed by atoms with Crippen molar-refractivity contribution in [2.45, 2.75) is 31.7 Å². The molecule has 0 amide bonds. The third-order valence-corrected chi connectivity index (χ3v) is 4.32. The Hall–Kier alpha value is -0.570. The molecular weight excluding hydrogens is 269 g/mol. The number of halogens is 2. The predicted molar refractivity (Wildman–Crippen MR) is 75.7 cm³/mol. The predicted octanol–water partition coefficient (Wildman–Crippen LogP) is 4.05. The van der Waals surface area contributed by atoms with Gasteiger partial charge in [-0.2, -0.15) is 0 Å². The number of carbonyl (C=O) groups excluding carboxylic acids is 1. The number of nitrogens with zero attached hydrogens (tertiary/aromatic N) is 1. The average molecular weight is 286 g/mol. The molecule has 98 valence electrons. The molecule has 0 N–H and O–H groups in total. The summed E-state index contributed by atoms with van der Waals surface area (Å²) in [5.74, 6) is 0.1000. The number of ketones is 1. The molecule has 1 aliphatic rings. The van der Waals surface area contributed by atoms with E-state index in [2.05, 4.69) is 4.90 Å². The van der Waals surface area contributed by atoms with E-state index in [-0.39, 0.29) is 5.78 Å². The van der Waals surface area contributed by atoms with Crippen molar-refractivity contribution in [2.75, 3.05) is 13.6 Å². The molecule has 0 heterocycles. The van der Waals surface area contributed by atoms with Gasteiger partial charge in [-0.1, -0.05) is 36.0 Å². The Morgan fingerprint density at radius 2 is 1.94 bits per heavy atom. The van der Waals surface area contributed by atoms with E-state index in [1.54, 1.807) is 18.2 Å². The Bertz CT molecular complexity index is 441. The minimum Gasteiger partial charge on any atom is -0.296 e. The van der Waals surface area contributed by atoms with Gasteiger partial charge in [0.1, 0.15) is 0 Å². The number of likely N-dealkylation sites (N-methyl/N-ethyl adjacent to an activating group) is 1. The highest BCUT2D eigenvalue weighted by Crippen LogP contribution is 2.24. The summed E-state index contributed by atoms with van der Waals surface area (Å²) in [5.41, 5.74) is 0.634. The molecule has 2 rings (SSSR count). The van der Waals surface area contributed by atoms with Crippen LogP contribution in [-0.2, 0) is 0 Å². The van der Waals surface area contributed by atoms with Crippen LogP contribution < -0.4 is 0 Å². The zero-order chi connectivity index (χ0) is 13.1. The highest BCUT2D eigenvalue weighted by atomic mass is 35.5. The molecule has 0 aliphatic heterocycles. The molecular formula is C14H17Cl2NO.